The molecule has 31 heavy (non-hydrogen) atoms. The summed E-state index contributed by atoms with van der Waals surface area (Å²) >= 11 is 0. The largest absolute Gasteiger partial charge is 0.346 e. The highest BCUT2D eigenvalue weighted by atomic mass is 32.2. The van der Waals surface area contributed by atoms with E-state index in [-0.39, 0.29) is 12.6 Å². The van der Waals surface area contributed by atoms with Crippen molar-refractivity contribution < 1.29 is 18.0 Å². The molecule has 0 aliphatic carbocycles. The van der Waals surface area contributed by atoms with Crippen LogP contribution in [0.15, 0.2) is 41.3 Å². The molecule has 2 aromatic rings. The zero-order valence-electron chi connectivity index (χ0n) is 18.4. The van der Waals surface area contributed by atoms with E-state index < -0.39 is 21.8 Å². The fourth-order valence-electron chi connectivity index (χ4n) is 3.86. The van der Waals surface area contributed by atoms with Crippen LogP contribution in [-0.2, 0) is 19.6 Å². The highest BCUT2D eigenvalue weighted by Gasteiger charge is 2.36. The van der Waals surface area contributed by atoms with Crippen LogP contribution in [0.5, 0.6) is 0 Å². The maximum atomic E-state index is 13.2. The summed E-state index contributed by atoms with van der Waals surface area (Å²) < 4.78 is 27.9. The average Bonchev–Trinajstić information content (AvgIpc) is 3.19. The zero-order valence-corrected chi connectivity index (χ0v) is 19.2. The molecular weight excluding hydrogens is 414 g/mol. The lowest BCUT2D eigenvalue weighted by molar-refractivity contribution is -0.136. The summed E-state index contributed by atoms with van der Waals surface area (Å²) in [4.78, 5) is 24.9. The number of carbonyl (C=O) groups is 2. The van der Waals surface area contributed by atoms with Crippen molar-refractivity contribution in [3.05, 3.63) is 58.7 Å². The maximum Gasteiger partial charge on any atom is 0.313 e. The summed E-state index contributed by atoms with van der Waals surface area (Å²) in [6.07, 6.45) is 1.34. The fourth-order valence-corrected chi connectivity index (χ4v) is 5.87. The Balaban J connectivity index is 1.66. The third-order valence-corrected chi connectivity index (χ3v) is 7.68. The smallest absolute Gasteiger partial charge is 0.313 e. The minimum atomic E-state index is -3.69. The van der Waals surface area contributed by atoms with Gasteiger partial charge >= 0.3 is 11.8 Å². The van der Waals surface area contributed by atoms with Crippen LogP contribution in [-0.4, -0.2) is 43.7 Å². The van der Waals surface area contributed by atoms with Crippen LogP contribution in [0, 0.1) is 27.7 Å². The number of aryl methyl sites for hydroxylation is 4. The number of nitrogens with zero attached hydrogens (tertiary/aromatic N) is 1. The molecule has 2 amide bonds. The molecule has 166 valence electrons. The molecule has 0 unspecified atom stereocenters. The van der Waals surface area contributed by atoms with E-state index in [4.69, 9.17) is 0 Å². The van der Waals surface area contributed by atoms with Gasteiger partial charge in [0.25, 0.3) is 0 Å². The molecule has 2 aromatic carbocycles. The van der Waals surface area contributed by atoms with Gasteiger partial charge in [0.2, 0.25) is 10.0 Å². The van der Waals surface area contributed by atoms with Gasteiger partial charge in [-0.25, -0.2) is 8.42 Å². The lowest BCUT2D eigenvalue weighted by Crippen LogP contribution is -2.45. The topological polar surface area (TPSA) is 95.6 Å². The van der Waals surface area contributed by atoms with Gasteiger partial charge in [-0.3, -0.25) is 9.59 Å². The molecule has 1 aliphatic heterocycles. The van der Waals surface area contributed by atoms with E-state index in [1.807, 2.05) is 39.0 Å². The summed E-state index contributed by atoms with van der Waals surface area (Å²) in [6, 6.07) is 10.5. The first kappa shape index (κ1) is 23.0. The van der Waals surface area contributed by atoms with E-state index in [9.17, 15) is 18.0 Å². The number of amides is 2. The lowest BCUT2D eigenvalue weighted by Gasteiger charge is -2.25. The molecule has 1 heterocycles. The van der Waals surface area contributed by atoms with Gasteiger partial charge in [0.1, 0.15) is 0 Å². The predicted octanol–water partition coefficient (Wildman–Crippen LogP) is 2.83. The van der Waals surface area contributed by atoms with Crippen molar-refractivity contribution in [3.63, 3.8) is 0 Å². The molecule has 1 atom stereocenters. The molecule has 0 spiro atoms. The Morgan fingerprint density at radius 2 is 1.65 bits per heavy atom. The Hall–Kier alpha value is -2.71. The van der Waals surface area contributed by atoms with Crippen molar-refractivity contribution >= 4 is 27.5 Å². The first-order valence-corrected chi connectivity index (χ1v) is 11.8. The van der Waals surface area contributed by atoms with Crippen molar-refractivity contribution in [3.8, 4) is 0 Å². The van der Waals surface area contributed by atoms with Crippen LogP contribution < -0.4 is 10.6 Å². The minimum absolute atomic E-state index is 0.0865. The van der Waals surface area contributed by atoms with Gasteiger partial charge in [-0.05, 0) is 69.4 Å². The molecule has 1 saturated heterocycles. The van der Waals surface area contributed by atoms with Gasteiger partial charge in [0, 0.05) is 24.8 Å². The molecule has 0 saturated carbocycles. The number of hydrogen-bond donors (Lipinski definition) is 2. The van der Waals surface area contributed by atoms with E-state index >= 15 is 0 Å². The number of sulfonamides is 1. The number of anilines is 1. The quantitative estimate of drug-likeness (QED) is 0.695. The third kappa shape index (κ3) is 5.14. The molecule has 1 aliphatic rings. The number of carbonyl (C=O) groups excluding carboxylic acids is 2. The van der Waals surface area contributed by atoms with E-state index in [0.29, 0.717) is 35.5 Å². The van der Waals surface area contributed by atoms with Crippen LogP contribution >= 0.6 is 0 Å². The van der Waals surface area contributed by atoms with E-state index in [1.165, 1.54) is 4.31 Å². The molecule has 0 bridgehead atoms. The van der Waals surface area contributed by atoms with Crippen LogP contribution in [0.1, 0.15) is 35.1 Å². The molecule has 3 rings (SSSR count). The number of benzene rings is 2. The summed E-state index contributed by atoms with van der Waals surface area (Å²) in [6.45, 7) is 7.92. The highest BCUT2D eigenvalue weighted by molar-refractivity contribution is 7.89. The second kappa shape index (κ2) is 9.20. The van der Waals surface area contributed by atoms with Gasteiger partial charge in [0.15, 0.2) is 0 Å². The van der Waals surface area contributed by atoms with E-state index in [1.54, 1.807) is 25.1 Å². The van der Waals surface area contributed by atoms with Crippen molar-refractivity contribution in [1.82, 2.24) is 9.62 Å². The minimum Gasteiger partial charge on any atom is -0.346 e. The van der Waals surface area contributed by atoms with Crippen molar-refractivity contribution in [1.29, 1.82) is 0 Å². The highest BCUT2D eigenvalue weighted by Crippen LogP contribution is 2.28. The molecule has 7 nitrogen and oxygen atoms in total. The zero-order chi connectivity index (χ0) is 22.8. The lowest BCUT2D eigenvalue weighted by atomic mass is 10.1. The SMILES string of the molecule is Cc1ccc(NC(=O)C(=O)NC[C@@H]2CCCN2S(=O)(=O)c2cc(C)ccc2C)c(C)c1. The Morgan fingerprint density at radius 1 is 0.968 bits per heavy atom. The fraction of sp³-hybridized carbons (Fsp3) is 0.391. The Labute approximate surface area is 183 Å². The average molecular weight is 444 g/mol. The molecule has 0 aromatic heterocycles. The molecule has 1 fully saturated rings. The van der Waals surface area contributed by atoms with Gasteiger partial charge in [-0.15, -0.1) is 0 Å². The molecule has 0 radical (unpaired) electrons. The molecule has 8 heteroatoms. The van der Waals surface area contributed by atoms with Crippen LogP contribution in [0.2, 0.25) is 0 Å². The molecule has 2 N–H and O–H groups in total. The first-order chi connectivity index (χ1) is 14.6. The van der Waals surface area contributed by atoms with Crippen LogP contribution in [0.3, 0.4) is 0 Å². The van der Waals surface area contributed by atoms with Crippen LogP contribution in [0.4, 0.5) is 5.69 Å². The van der Waals surface area contributed by atoms with E-state index in [2.05, 4.69) is 10.6 Å². The van der Waals surface area contributed by atoms with E-state index in [0.717, 1.165) is 16.7 Å². The summed E-state index contributed by atoms with van der Waals surface area (Å²) in [5.74, 6) is -1.55. The number of hydrogen-bond acceptors (Lipinski definition) is 4. The Morgan fingerprint density at radius 3 is 2.35 bits per heavy atom. The van der Waals surface area contributed by atoms with Gasteiger partial charge in [0.05, 0.1) is 4.90 Å². The summed E-state index contributed by atoms with van der Waals surface area (Å²) in [5.41, 5.74) is 4.06. The summed E-state index contributed by atoms with van der Waals surface area (Å²) in [7, 11) is -3.69. The second-order valence-electron chi connectivity index (χ2n) is 8.16. The monoisotopic (exact) mass is 443 g/mol. The van der Waals surface area contributed by atoms with Gasteiger partial charge in [-0.1, -0.05) is 29.8 Å². The van der Waals surface area contributed by atoms with Crippen molar-refractivity contribution in [2.45, 2.75) is 51.5 Å². The predicted molar refractivity (Wildman–Crippen MR) is 120 cm³/mol. The normalized spacial score (nSPS) is 16.8. The number of nitrogens with one attached hydrogen (secondary N) is 2. The Bertz CT molecular complexity index is 1110. The number of rotatable bonds is 5. The van der Waals surface area contributed by atoms with Gasteiger partial charge in [-0.2, -0.15) is 4.31 Å². The first-order valence-electron chi connectivity index (χ1n) is 10.3. The van der Waals surface area contributed by atoms with Gasteiger partial charge < -0.3 is 10.6 Å². The maximum absolute atomic E-state index is 13.2. The third-order valence-electron chi connectivity index (χ3n) is 5.59. The van der Waals surface area contributed by atoms with Crippen molar-refractivity contribution in [2.75, 3.05) is 18.4 Å². The van der Waals surface area contributed by atoms with Crippen LogP contribution in [0.25, 0.3) is 0 Å². The Kier molecular flexibility index (Phi) is 6.81. The second-order valence-corrected chi connectivity index (χ2v) is 10.0. The van der Waals surface area contributed by atoms with Crippen molar-refractivity contribution in [2.24, 2.45) is 0 Å². The summed E-state index contributed by atoms with van der Waals surface area (Å²) in [5, 5.41) is 5.21. The molecular formula is C23H29N3O4S. The standard InChI is InChI=1S/C23H29N3O4S/c1-15-8-10-20(18(4)12-15)25-23(28)22(27)24-14-19-6-5-11-26(19)31(29,30)21-13-16(2)7-9-17(21)3/h7-10,12-13,19H,5-6,11,14H2,1-4H3,(H,24,27)(H,25,28)/t19-/m0/s1.